The van der Waals surface area contributed by atoms with Gasteiger partial charge in [-0.25, -0.2) is 4.68 Å². The number of aromatic nitrogens is 2. The number of rotatable bonds is 5. The molecule has 6 nitrogen and oxygen atoms in total. The van der Waals surface area contributed by atoms with Crippen LogP contribution in [0.1, 0.15) is 11.6 Å². The van der Waals surface area contributed by atoms with Gasteiger partial charge in [0, 0.05) is 11.8 Å². The van der Waals surface area contributed by atoms with E-state index in [1.54, 1.807) is 36.1 Å². The molecule has 1 N–H and O–H groups in total. The molecule has 1 unspecified atom stereocenters. The molecule has 6 heteroatoms. The van der Waals surface area contributed by atoms with E-state index in [-0.39, 0.29) is 12.5 Å². The summed E-state index contributed by atoms with van der Waals surface area (Å²) in [7, 11) is 3.60. The van der Waals surface area contributed by atoms with Gasteiger partial charge in [0.1, 0.15) is 6.04 Å². The quantitative estimate of drug-likeness (QED) is 0.892. The Morgan fingerprint density at radius 1 is 1.43 bits per heavy atom. The van der Waals surface area contributed by atoms with Crippen LogP contribution in [0.3, 0.4) is 0 Å². The number of nitrogens with one attached hydrogen (secondary N) is 1. The highest BCUT2D eigenvalue weighted by atomic mass is 16.2. The summed E-state index contributed by atoms with van der Waals surface area (Å²) in [5.74, 6) is -0.195. The molecule has 108 valence electrons. The number of carbonyl (C=O) groups excluding carboxylic acids is 1. The highest BCUT2D eigenvalue weighted by Gasteiger charge is 2.16. The molecule has 0 bridgehead atoms. The molecule has 0 saturated heterocycles. The van der Waals surface area contributed by atoms with Crippen LogP contribution in [0.5, 0.6) is 0 Å². The number of hydrogen-bond acceptors (Lipinski definition) is 4. The van der Waals surface area contributed by atoms with Gasteiger partial charge < -0.3 is 10.2 Å². The lowest BCUT2D eigenvalue weighted by molar-refractivity contribution is -0.122. The van der Waals surface area contributed by atoms with E-state index in [4.69, 9.17) is 0 Å². The minimum absolute atomic E-state index is 0.195. The molecule has 1 aromatic carbocycles. The van der Waals surface area contributed by atoms with E-state index in [1.807, 2.05) is 30.3 Å². The van der Waals surface area contributed by atoms with Crippen molar-refractivity contribution >= 4 is 5.91 Å². The van der Waals surface area contributed by atoms with Crippen LogP contribution in [0.2, 0.25) is 0 Å². The molecular weight excluding hydrogens is 266 g/mol. The molecule has 0 spiro atoms. The Hall–Kier alpha value is -2.65. The largest absolute Gasteiger partial charge is 0.335 e. The molecule has 21 heavy (non-hydrogen) atoms. The highest BCUT2D eigenvalue weighted by molar-refractivity contribution is 5.78. The maximum absolute atomic E-state index is 11.7. The summed E-state index contributed by atoms with van der Waals surface area (Å²) >= 11 is 0. The zero-order chi connectivity index (χ0) is 15.2. The van der Waals surface area contributed by atoms with Gasteiger partial charge in [0.25, 0.3) is 0 Å². The summed E-state index contributed by atoms with van der Waals surface area (Å²) in [6.07, 6.45) is 3.34. The maximum atomic E-state index is 11.7. The Bertz CT molecular complexity index is 642. The number of amides is 1. The molecule has 0 aliphatic rings. The molecule has 0 fully saturated rings. The number of carbonyl (C=O) groups is 1. The SMILES string of the molecule is CN(C)CC(=O)NC(C#N)c1cnn(-c2ccccc2)c1. The molecular formula is C15H17N5O. The zero-order valence-corrected chi connectivity index (χ0v) is 12.0. The van der Waals surface area contributed by atoms with Gasteiger partial charge in [-0.1, -0.05) is 18.2 Å². The van der Waals surface area contributed by atoms with Crippen LogP contribution < -0.4 is 5.32 Å². The third-order valence-electron chi connectivity index (χ3n) is 2.85. The van der Waals surface area contributed by atoms with E-state index < -0.39 is 6.04 Å². The van der Waals surface area contributed by atoms with Crippen LogP contribution in [-0.2, 0) is 4.79 Å². The second kappa shape index (κ2) is 6.68. The number of likely N-dealkylation sites (N-methyl/N-ethyl adjacent to an activating group) is 1. The van der Waals surface area contributed by atoms with Crippen molar-refractivity contribution in [1.82, 2.24) is 20.0 Å². The van der Waals surface area contributed by atoms with Crippen LogP contribution in [0.25, 0.3) is 5.69 Å². The van der Waals surface area contributed by atoms with Gasteiger partial charge in [0.05, 0.1) is 24.5 Å². The predicted molar refractivity (Wildman–Crippen MR) is 78.6 cm³/mol. The molecule has 2 aromatic rings. The Kier molecular flexibility index (Phi) is 4.69. The van der Waals surface area contributed by atoms with E-state index >= 15 is 0 Å². The summed E-state index contributed by atoms with van der Waals surface area (Å²) in [5, 5.41) is 16.1. The molecule has 0 aliphatic carbocycles. The van der Waals surface area contributed by atoms with Crippen molar-refractivity contribution in [2.75, 3.05) is 20.6 Å². The van der Waals surface area contributed by atoms with Crippen LogP contribution in [0.4, 0.5) is 0 Å². The lowest BCUT2D eigenvalue weighted by atomic mass is 10.2. The summed E-state index contributed by atoms with van der Waals surface area (Å²) in [6, 6.07) is 11.0. The molecule has 0 saturated carbocycles. The second-order valence-corrected chi connectivity index (χ2v) is 4.92. The van der Waals surface area contributed by atoms with Crippen molar-refractivity contribution in [3.05, 3.63) is 48.3 Å². The minimum atomic E-state index is -0.699. The normalized spacial score (nSPS) is 11.9. The average molecular weight is 283 g/mol. The highest BCUT2D eigenvalue weighted by Crippen LogP contribution is 2.14. The number of nitrogens with zero attached hydrogens (tertiary/aromatic N) is 4. The third-order valence-corrected chi connectivity index (χ3v) is 2.85. The lowest BCUT2D eigenvalue weighted by Gasteiger charge is -2.13. The molecule has 1 atom stereocenters. The Morgan fingerprint density at radius 2 is 2.14 bits per heavy atom. The maximum Gasteiger partial charge on any atom is 0.235 e. The molecule has 2 rings (SSSR count). The average Bonchev–Trinajstić information content (AvgIpc) is 2.94. The Labute approximate surface area is 123 Å². The van der Waals surface area contributed by atoms with Crippen molar-refractivity contribution in [3.8, 4) is 11.8 Å². The van der Waals surface area contributed by atoms with Crippen molar-refractivity contribution in [2.24, 2.45) is 0 Å². The lowest BCUT2D eigenvalue weighted by Crippen LogP contribution is -2.35. The monoisotopic (exact) mass is 283 g/mol. The van der Waals surface area contributed by atoms with Crippen LogP contribution in [0.15, 0.2) is 42.7 Å². The van der Waals surface area contributed by atoms with Gasteiger partial charge >= 0.3 is 0 Å². The van der Waals surface area contributed by atoms with E-state index in [9.17, 15) is 10.1 Å². The van der Waals surface area contributed by atoms with Crippen molar-refractivity contribution in [1.29, 1.82) is 5.26 Å². The van der Waals surface area contributed by atoms with Gasteiger partial charge in [-0.05, 0) is 26.2 Å². The summed E-state index contributed by atoms with van der Waals surface area (Å²) in [5.41, 5.74) is 1.56. The Morgan fingerprint density at radius 3 is 2.76 bits per heavy atom. The van der Waals surface area contributed by atoms with Gasteiger partial charge in [0.2, 0.25) is 5.91 Å². The predicted octanol–water partition coefficient (Wildman–Crippen LogP) is 1.11. The second-order valence-electron chi connectivity index (χ2n) is 4.92. The van der Waals surface area contributed by atoms with E-state index in [2.05, 4.69) is 16.5 Å². The Balaban J connectivity index is 2.12. The van der Waals surface area contributed by atoms with E-state index in [1.165, 1.54) is 0 Å². The number of benzene rings is 1. The first-order valence-corrected chi connectivity index (χ1v) is 6.54. The molecule has 0 aliphatic heterocycles. The number of hydrogen-bond donors (Lipinski definition) is 1. The number of para-hydroxylation sites is 1. The fourth-order valence-electron chi connectivity index (χ4n) is 1.89. The summed E-state index contributed by atoms with van der Waals surface area (Å²) in [4.78, 5) is 13.5. The zero-order valence-electron chi connectivity index (χ0n) is 12.0. The van der Waals surface area contributed by atoms with E-state index in [0.717, 1.165) is 5.69 Å². The fraction of sp³-hybridized carbons (Fsp3) is 0.267. The van der Waals surface area contributed by atoms with Gasteiger partial charge in [0.15, 0.2) is 0 Å². The molecule has 1 amide bonds. The van der Waals surface area contributed by atoms with Crippen molar-refractivity contribution in [3.63, 3.8) is 0 Å². The van der Waals surface area contributed by atoms with Crippen LogP contribution >= 0.6 is 0 Å². The van der Waals surface area contributed by atoms with Crippen LogP contribution in [-0.4, -0.2) is 41.2 Å². The van der Waals surface area contributed by atoms with E-state index in [0.29, 0.717) is 5.56 Å². The first-order valence-electron chi connectivity index (χ1n) is 6.54. The van der Waals surface area contributed by atoms with Crippen LogP contribution in [0, 0.1) is 11.3 Å². The first-order chi connectivity index (χ1) is 10.1. The fourth-order valence-corrected chi connectivity index (χ4v) is 1.89. The molecule has 1 aromatic heterocycles. The minimum Gasteiger partial charge on any atom is -0.335 e. The first kappa shape index (κ1) is 14.8. The number of nitriles is 1. The summed E-state index contributed by atoms with van der Waals surface area (Å²) < 4.78 is 1.68. The topological polar surface area (TPSA) is 74.0 Å². The summed E-state index contributed by atoms with van der Waals surface area (Å²) in [6.45, 7) is 0.241. The van der Waals surface area contributed by atoms with Gasteiger partial charge in [-0.2, -0.15) is 10.4 Å². The van der Waals surface area contributed by atoms with Gasteiger partial charge in [-0.3, -0.25) is 4.79 Å². The van der Waals surface area contributed by atoms with Gasteiger partial charge in [-0.15, -0.1) is 0 Å². The molecule has 1 heterocycles. The standard InChI is InChI=1S/C15H17N5O/c1-19(2)11-15(21)18-14(8-16)12-9-17-20(10-12)13-6-4-3-5-7-13/h3-7,9-10,14H,11H2,1-2H3,(H,18,21). The smallest absolute Gasteiger partial charge is 0.235 e. The van der Waals surface area contributed by atoms with Crippen molar-refractivity contribution in [2.45, 2.75) is 6.04 Å². The molecule has 0 radical (unpaired) electrons. The third kappa shape index (κ3) is 3.91. The van der Waals surface area contributed by atoms with Crippen molar-refractivity contribution < 1.29 is 4.79 Å².